The third kappa shape index (κ3) is 4.36. The lowest BCUT2D eigenvalue weighted by molar-refractivity contribution is 0.706. The highest BCUT2D eigenvalue weighted by Gasteiger charge is 2.21. The summed E-state index contributed by atoms with van der Waals surface area (Å²) in [6, 6.07) is 0. The van der Waals surface area contributed by atoms with Gasteiger partial charge >= 0.3 is 0 Å². The Labute approximate surface area is 109 Å². The van der Waals surface area contributed by atoms with E-state index >= 15 is 0 Å². The second-order valence-corrected chi connectivity index (χ2v) is 8.47. The predicted octanol–water partition coefficient (Wildman–Crippen LogP) is 3.92. The molecular weight excluding hydrogens is 222 g/mol. The van der Waals surface area contributed by atoms with Crippen LogP contribution in [0.5, 0.6) is 0 Å². The minimum atomic E-state index is -0.521. The Morgan fingerprint density at radius 3 is 1.47 bits per heavy atom. The summed E-state index contributed by atoms with van der Waals surface area (Å²) in [6.45, 7) is 19.9. The molecule has 0 aromatic rings. The maximum Gasteiger partial charge on any atom is 0.0310 e. The van der Waals surface area contributed by atoms with Gasteiger partial charge in [-0.2, -0.15) is 0 Å². The summed E-state index contributed by atoms with van der Waals surface area (Å²) in [7, 11) is -0.521. The van der Waals surface area contributed by atoms with E-state index in [0.29, 0.717) is 0 Å². The fourth-order valence-corrected chi connectivity index (χ4v) is 4.57. The number of allylic oxidation sites excluding steroid dienone is 3. The van der Waals surface area contributed by atoms with Crippen LogP contribution < -0.4 is 5.73 Å². The first-order valence-electron chi connectivity index (χ1n) is 6.29. The molecule has 0 amide bonds. The standard InChI is InChI=1S/C15H29NSi/c1-10(2)11(3)12(4)13(5)14(17(8)9)15(6,7)16/h16H2,1-9H3/b13-12+. The van der Waals surface area contributed by atoms with Gasteiger partial charge in [0.15, 0.2) is 0 Å². The van der Waals surface area contributed by atoms with Gasteiger partial charge in [-0.15, -0.1) is 0 Å². The molecule has 98 valence electrons. The highest BCUT2D eigenvalue weighted by molar-refractivity contribution is 6.73. The number of hydrogen-bond donors (Lipinski definition) is 1. The van der Waals surface area contributed by atoms with E-state index in [9.17, 15) is 0 Å². The molecule has 0 radical (unpaired) electrons. The van der Waals surface area contributed by atoms with Gasteiger partial charge in [-0.25, -0.2) is 0 Å². The molecule has 2 heteroatoms. The lowest BCUT2D eigenvalue weighted by Crippen LogP contribution is -2.45. The van der Waals surface area contributed by atoms with Crippen LogP contribution in [0.4, 0.5) is 0 Å². The molecule has 0 unspecified atom stereocenters. The van der Waals surface area contributed by atoms with Crippen LogP contribution in [0.3, 0.4) is 0 Å². The van der Waals surface area contributed by atoms with Gasteiger partial charge in [-0.3, -0.25) is 0 Å². The minimum Gasteiger partial charge on any atom is -0.322 e. The summed E-state index contributed by atoms with van der Waals surface area (Å²) in [5.74, 6) is 0. The molecule has 0 spiro atoms. The molecule has 0 heterocycles. The van der Waals surface area contributed by atoms with Gasteiger partial charge in [-0.05, 0) is 70.4 Å². The molecule has 0 aliphatic heterocycles. The van der Waals surface area contributed by atoms with Gasteiger partial charge < -0.3 is 5.73 Å². The maximum absolute atomic E-state index is 6.33. The van der Waals surface area contributed by atoms with E-state index in [1.54, 1.807) is 0 Å². The second kappa shape index (κ2) is 5.92. The smallest absolute Gasteiger partial charge is 0.0310 e. The third-order valence-electron chi connectivity index (χ3n) is 3.39. The molecular formula is C15H29NSi. The van der Waals surface area contributed by atoms with Crippen LogP contribution in [-0.2, 0) is 0 Å². The van der Waals surface area contributed by atoms with Gasteiger partial charge in [-0.1, -0.05) is 18.7 Å². The van der Waals surface area contributed by atoms with Crippen LogP contribution in [-0.4, -0.2) is 19.1 Å². The summed E-state index contributed by atoms with van der Waals surface area (Å²) in [6.07, 6.45) is 0. The van der Waals surface area contributed by atoms with Gasteiger partial charge in [0, 0.05) is 13.9 Å². The molecule has 0 saturated heterocycles. The molecule has 0 bridgehead atoms. The zero-order valence-corrected chi connectivity index (χ0v) is 14.1. The maximum atomic E-state index is 6.33. The van der Waals surface area contributed by atoms with Gasteiger partial charge in [0.2, 0.25) is 0 Å². The van der Waals surface area contributed by atoms with Crippen molar-refractivity contribution in [3.8, 4) is 0 Å². The number of hydrogen-bond acceptors (Lipinski definition) is 1. The first-order chi connectivity index (χ1) is 7.50. The summed E-state index contributed by atoms with van der Waals surface area (Å²) >= 11 is 0. The fraction of sp³-hybridized carbons (Fsp3) is 0.667. The van der Waals surface area contributed by atoms with E-state index in [1.165, 1.54) is 27.5 Å². The summed E-state index contributed by atoms with van der Waals surface area (Å²) in [4.78, 5) is 0. The molecule has 0 atom stereocenters. The van der Waals surface area contributed by atoms with Crippen molar-refractivity contribution < 1.29 is 0 Å². The van der Waals surface area contributed by atoms with Crippen LogP contribution in [0.25, 0.3) is 0 Å². The normalized spacial score (nSPS) is 13.1. The van der Waals surface area contributed by atoms with E-state index in [2.05, 4.69) is 61.6 Å². The van der Waals surface area contributed by atoms with Gasteiger partial charge in [0.25, 0.3) is 0 Å². The van der Waals surface area contributed by atoms with Crippen LogP contribution in [0.2, 0.25) is 13.1 Å². The van der Waals surface area contributed by atoms with Crippen molar-refractivity contribution in [2.45, 2.75) is 67.1 Å². The molecule has 0 aromatic carbocycles. The largest absolute Gasteiger partial charge is 0.322 e. The lowest BCUT2D eigenvalue weighted by atomic mass is 9.90. The zero-order chi connectivity index (χ0) is 14.0. The van der Waals surface area contributed by atoms with E-state index < -0.39 is 8.41 Å². The van der Waals surface area contributed by atoms with Crippen molar-refractivity contribution in [1.29, 1.82) is 0 Å². The van der Waals surface area contributed by atoms with E-state index in [0.717, 1.165) is 0 Å². The SMILES string of the molecule is CC(C)=C(C)/C(C)=C(\C)C(=[Si](C)C)C(C)(C)N. The molecule has 17 heavy (non-hydrogen) atoms. The molecule has 0 fully saturated rings. The Balaban J connectivity index is 5.88. The highest BCUT2D eigenvalue weighted by atomic mass is 28.2. The minimum absolute atomic E-state index is 0.203. The monoisotopic (exact) mass is 251 g/mol. The molecule has 0 aliphatic carbocycles. The Morgan fingerprint density at radius 2 is 1.24 bits per heavy atom. The molecule has 2 N–H and O–H groups in total. The summed E-state index contributed by atoms with van der Waals surface area (Å²) in [5.41, 5.74) is 11.7. The van der Waals surface area contributed by atoms with Crippen molar-refractivity contribution in [1.82, 2.24) is 0 Å². The summed E-state index contributed by atoms with van der Waals surface area (Å²) in [5, 5.41) is 1.46. The van der Waals surface area contributed by atoms with Gasteiger partial charge in [0.05, 0.1) is 0 Å². The zero-order valence-electron chi connectivity index (χ0n) is 13.1. The van der Waals surface area contributed by atoms with Crippen LogP contribution in [0.1, 0.15) is 48.5 Å². The molecule has 0 aromatic heterocycles. The van der Waals surface area contributed by atoms with Crippen molar-refractivity contribution in [3.63, 3.8) is 0 Å². The Bertz CT molecular complexity index is 382. The molecule has 0 rings (SSSR count). The average molecular weight is 251 g/mol. The second-order valence-electron chi connectivity index (χ2n) is 5.97. The third-order valence-corrected chi connectivity index (χ3v) is 5.41. The van der Waals surface area contributed by atoms with Crippen molar-refractivity contribution >= 4 is 13.6 Å². The first kappa shape index (κ1) is 16.5. The molecule has 0 saturated carbocycles. The van der Waals surface area contributed by atoms with E-state index in [-0.39, 0.29) is 5.54 Å². The van der Waals surface area contributed by atoms with Crippen molar-refractivity contribution in [2.75, 3.05) is 0 Å². The van der Waals surface area contributed by atoms with Crippen LogP contribution in [0, 0.1) is 0 Å². The van der Waals surface area contributed by atoms with Gasteiger partial charge in [0.1, 0.15) is 0 Å². The van der Waals surface area contributed by atoms with Crippen LogP contribution in [0.15, 0.2) is 22.3 Å². The Kier molecular flexibility index (Phi) is 5.75. The molecule has 1 nitrogen and oxygen atoms in total. The van der Waals surface area contributed by atoms with Crippen LogP contribution >= 0.6 is 0 Å². The number of nitrogens with two attached hydrogens (primary N) is 1. The first-order valence-corrected chi connectivity index (χ1v) is 8.79. The topological polar surface area (TPSA) is 26.0 Å². The highest BCUT2D eigenvalue weighted by Crippen LogP contribution is 2.21. The fourth-order valence-electron chi connectivity index (χ4n) is 2.35. The lowest BCUT2D eigenvalue weighted by Gasteiger charge is -2.28. The van der Waals surface area contributed by atoms with E-state index in [1.807, 2.05) is 0 Å². The summed E-state index contributed by atoms with van der Waals surface area (Å²) < 4.78 is 0. The number of rotatable bonds is 3. The van der Waals surface area contributed by atoms with Crippen molar-refractivity contribution in [3.05, 3.63) is 22.3 Å². The Hall–Kier alpha value is -0.473. The van der Waals surface area contributed by atoms with E-state index in [4.69, 9.17) is 5.73 Å². The molecule has 0 aliphatic rings. The predicted molar refractivity (Wildman–Crippen MR) is 83.2 cm³/mol. The van der Waals surface area contributed by atoms with Crippen molar-refractivity contribution in [2.24, 2.45) is 5.73 Å². The Morgan fingerprint density at radius 1 is 0.824 bits per heavy atom. The quantitative estimate of drug-likeness (QED) is 0.597. The average Bonchev–Trinajstić information content (AvgIpc) is 2.12.